The van der Waals surface area contributed by atoms with Crippen LogP contribution in [0.4, 0.5) is 8.78 Å². The maximum atomic E-state index is 13.9. The molecule has 116 valence electrons. The molecule has 0 bridgehead atoms. The predicted octanol–water partition coefficient (Wildman–Crippen LogP) is 1.44. The second kappa shape index (κ2) is 6.95. The molecule has 1 aliphatic rings. The fourth-order valence-corrected chi connectivity index (χ4v) is 2.74. The van der Waals surface area contributed by atoms with E-state index in [-0.39, 0.29) is 18.0 Å². The first kappa shape index (κ1) is 15.9. The van der Waals surface area contributed by atoms with Gasteiger partial charge in [-0.25, -0.2) is 8.78 Å². The van der Waals surface area contributed by atoms with Crippen LogP contribution in [-0.4, -0.2) is 43.0 Å². The Labute approximate surface area is 123 Å². The number of hydrogen-bond acceptors (Lipinski definition) is 3. The third kappa shape index (κ3) is 3.57. The molecule has 1 fully saturated rings. The molecule has 1 aromatic rings. The SMILES string of the molecule is CCNC(=O)C1CNCCN1C(C)c1ccc(F)cc1F. The van der Waals surface area contributed by atoms with E-state index in [4.69, 9.17) is 0 Å². The van der Waals surface area contributed by atoms with Crippen molar-refractivity contribution < 1.29 is 13.6 Å². The average Bonchev–Trinajstić information content (AvgIpc) is 2.47. The highest BCUT2D eigenvalue weighted by molar-refractivity contribution is 5.82. The molecule has 1 amide bonds. The van der Waals surface area contributed by atoms with Gasteiger partial charge in [-0.1, -0.05) is 6.07 Å². The van der Waals surface area contributed by atoms with Gasteiger partial charge >= 0.3 is 0 Å². The van der Waals surface area contributed by atoms with Crippen LogP contribution in [0.2, 0.25) is 0 Å². The van der Waals surface area contributed by atoms with E-state index in [0.717, 1.165) is 12.6 Å². The monoisotopic (exact) mass is 297 g/mol. The third-order valence-corrected chi connectivity index (χ3v) is 3.85. The Balaban J connectivity index is 2.21. The van der Waals surface area contributed by atoms with Crippen LogP contribution in [0.25, 0.3) is 0 Å². The van der Waals surface area contributed by atoms with E-state index in [9.17, 15) is 13.6 Å². The average molecular weight is 297 g/mol. The lowest BCUT2D eigenvalue weighted by molar-refractivity contribution is -0.128. The molecule has 1 heterocycles. The number of halogens is 2. The summed E-state index contributed by atoms with van der Waals surface area (Å²) in [7, 11) is 0. The van der Waals surface area contributed by atoms with Gasteiger partial charge < -0.3 is 10.6 Å². The summed E-state index contributed by atoms with van der Waals surface area (Å²) in [5.74, 6) is -1.24. The zero-order chi connectivity index (χ0) is 15.4. The number of likely N-dealkylation sites (N-methyl/N-ethyl adjacent to an activating group) is 1. The van der Waals surface area contributed by atoms with Crippen molar-refractivity contribution in [2.24, 2.45) is 0 Å². The van der Waals surface area contributed by atoms with Gasteiger partial charge in [0, 0.05) is 43.9 Å². The van der Waals surface area contributed by atoms with Crippen molar-refractivity contribution in [3.8, 4) is 0 Å². The van der Waals surface area contributed by atoms with Gasteiger partial charge in [0.15, 0.2) is 0 Å². The molecule has 1 aromatic carbocycles. The van der Waals surface area contributed by atoms with Crippen molar-refractivity contribution in [3.63, 3.8) is 0 Å². The summed E-state index contributed by atoms with van der Waals surface area (Å²) >= 11 is 0. The van der Waals surface area contributed by atoms with Crippen molar-refractivity contribution in [2.45, 2.75) is 25.9 Å². The molecule has 1 saturated heterocycles. The van der Waals surface area contributed by atoms with Gasteiger partial charge in [0.05, 0.1) is 0 Å². The van der Waals surface area contributed by atoms with Crippen molar-refractivity contribution in [2.75, 3.05) is 26.2 Å². The molecule has 0 saturated carbocycles. The number of hydrogen-bond donors (Lipinski definition) is 2. The van der Waals surface area contributed by atoms with Gasteiger partial charge in [0.25, 0.3) is 0 Å². The molecule has 2 atom stereocenters. The molecule has 2 rings (SSSR count). The number of amides is 1. The first-order chi connectivity index (χ1) is 10.0. The Kier molecular flexibility index (Phi) is 5.25. The van der Waals surface area contributed by atoms with Crippen LogP contribution >= 0.6 is 0 Å². The maximum Gasteiger partial charge on any atom is 0.238 e. The quantitative estimate of drug-likeness (QED) is 0.884. The zero-order valence-electron chi connectivity index (χ0n) is 12.3. The van der Waals surface area contributed by atoms with Crippen LogP contribution in [-0.2, 0) is 4.79 Å². The molecule has 0 aliphatic carbocycles. The van der Waals surface area contributed by atoms with Crippen molar-refractivity contribution >= 4 is 5.91 Å². The van der Waals surface area contributed by atoms with Crippen molar-refractivity contribution in [3.05, 3.63) is 35.4 Å². The first-order valence-electron chi connectivity index (χ1n) is 7.23. The number of carbonyl (C=O) groups is 1. The van der Waals surface area contributed by atoms with Gasteiger partial charge in [0.2, 0.25) is 5.91 Å². The topological polar surface area (TPSA) is 44.4 Å². The summed E-state index contributed by atoms with van der Waals surface area (Å²) < 4.78 is 27.0. The molecule has 2 N–H and O–H groups in total. The van der Waals surface area contributed by atoms with Crippen LogP contribution in [0.5, 0.6) is 0 Å². The Morgan fingerprint density at radius 2 is 2.29 bits per heavy atom. The van der Waals surface area contributed by atoms with E-state index in [1.807, 2.05) is 18.7 Å². The highest BCUT2D eigenvalue weighted by Gasteiger charge is 2.32. The van der Waals surface area contributed by atoms with Crippen LogP contribution in [0.15, 0.2) is 18.2 Å². The van der Waals surface area contributed by atoms with Crippen LogP contribution in [0.3, 0.4) is 0 Å². The van der Waals surface area contributed by atoms with Gasteiger partial charge in [-0.15, -0.1) is 0 Å². The summed E-state index contributed by atoms with van der Waals surface area (Å²) in [6.07, 6.45) is 0. The lowest BCUT2D eigenvalue weighted by Gasteiger charge is -2.39. The van der Waals surface area contributed by atoms with Crippen molar-refractivity contribution in [1.82, 2.24) is 15.5 Å². The minimum Gasteiger partial charge on any atom is -0.355 e. The predicted molar refractivity (Wildman–Crippen MR) is 76.8 cm³/mol. The highest BCUT2D eigenvalue weighted by Crippen LogP contribution is 2.26. The second-order valence-corrected chi connectivity index (χ2v) is 5.19. The molecule has 0 aromatic heterocycles. The minimum atomic E-state index is -0.593. The van der Waals surface area contributed by atoms with Crippen molar-refractivity contribution in [1.29, 1.82) is 0 Å². The van der Waals surface area contributed by atoms with Gasteiger partial charge in [-0.05, 0) is 19.9 Å². The fraction of sp³-hybridized carbons (Fsp3) is 0.533. The van der Waals surface area contributed by atoms with E-state index >= 15 is 0 Å². The lowest BCUT2D eigenvalue weighted by Crippen LogP contribution is -2.58. The Bertz CT molecular complexity index is 510. The standard InChI is InChI=1S/C15H21F2N3O/c1-3-19-15(21)14-9-18-6-7-20(14)10(2)12-5-4-11(16)8-13(12)17/h4-5,8,10,14,18H,3,6-7,9H2,1-2H3,(H,19,21). The Morgan fingerprint density at radius 1 is 1.52 bits per heavy atom. The van der Waals surface area contributed by atoms with E-state index in [1.54, 1.807) is 0 Å². The molecular formula is C15H21F2N3O. The van der Waals surface area contributed by atoms with Gasteiger partial charge in [-0.3, -0.25) is 9.69 Å². The molecule has 21 heavy (non-hydrogen) atoms. The number of carbonyl (C=O) groups excluding carboxylic acids is 1. The summed E-state index contributed by atoms with van der Waals surface area (Å²) in [5, 5.41) is 5.98. The van der Waals surface area contributed by atoms with Gasteiger partial charge in [0.1, 0.15) is 17.7 Å². The summed E-state index contributed by atoms with van der Waals surface area (Å²) in [6, 6.07) is 2.94. The molecule has 1 aliphatic heterocycles. The third-order valence-electron chi connectivity index (χ3n) is 3.85. The molecule has 0 spiro atoms. The summed E-state index contributed by atoms with van der Waals surface area (Å²) in [5.41, 5.74) is 0.410. The molecule has 0 radical (unpaired) electrons. The summed E-state index contributed by atoms with van der Waals surface area (Å²) in [4.78, 5) is 14.1. The Hall–Kier alpha value is -1.53. The summed E-state index contributed by atoms with van der Waals surface area (Å²) in [6.45, 7) is 6.17. The molecular weight excluding hydrogens is 276 g/mol. The first-order valence-corrected chi connectivity index (χ1v) is 7.23. The van der Waals surface area contributed by atoms with Crippen LogP contribution in [0.1, 0.15) is 25.5 Å². The second-order valence-electron chi connectivity index (χ2n) is 5.19. The van der Waals surface area contributed by atoms with Gasteiger partial charge in [-0.2, -0.15) is 0 Å². The van der Waals surface area contributed by atoms with E-state index in [2.05, 4.69) is 10.6 Å². The minimum absolute atomic E-state index is 0.0703. The molecule has 6 heteroatoms. The zero-order valence-corrected chi connectivity index (χ0v) is 12.3. The van der Waals surface area contributed by atoms with Crippen LogP contribution < -0.4 is 10.6 Å². The largest absolute Gasteiger partial charge is 0.355 e. The highest BCUT2D eigenvalue weighted by atomic mass is 19.1. The number of nitrogens with one attached hydrogen (secondary N) is 2. The van der Waals surface area contributed by atoms with E-state index in [0.29, 0.717) is 25.2 Å². The molecule has 2 unspecified atom stereocenters. The number of benzene rings is 1. The fourth-order valence-electron chi connectivity index (χ4n) is 2.74. The number of piperazine rings is 1. The number of rotatable bonds is 4. The van der Waals surface area contributed by atoms with Crippen LogP contribution in [0, 0.1) is 11.6 Å². The maximum absolute atomic E-state index is 13.9. The molecule has 4 nitrogen and oxygen atoms in total. The smallest absolute Gasteiger partial charge is 0.238 e. The van der Waals surface area contributed by atoms with E-state index < -0.39 is 11.6 Å². The normalized spacial score (nSPS) is 21.0. The Morgan fingerprint density at radius 3 is 2.95 bits per heavy atom. The lowest BCUT2D eigenvalue weighted by atomic mass is 10.0. The van der Waals surface area contributed by atoms with E-state index in [1.165, 1.54) is 12.1 Å². The number of nitrogens with zero attached hydrogens (tertiary/aromatic N) is 1.